The van der Waals surface area contributed by atoms with Gasteiger partial charge in [-0.3, -0.25) is 4.79 Å². The number of aromatic hydroxyl groups is 1. The Morgan fingerprint density at radius 2 is 2.29 bits per heavy atom. The van der Waals surface area contributed by atoms with E-state index in [-0.39, 0.29) is 23.3 Å². The molecule has 1 aromatic carbocycles. The van der Waals surface area contributed by atoms with Crippen LogP contribution in [0.3, 0.4) is 0 Å². The van der Waals surface area contributed by atoms with Crippen LogP contribution >= 0.6 is 0 Å². The van der Waals surface area contributed by atoms with Crippen molar-refractivity contribution in [3.63, 3.8) is 0 Å². The highest BCUT2D eigenvalue weighted by Gasteiger charge is 2.25. The number of phenolic OH excluding ortho intramolecular Hbond substituents is 1. The summed E-state index contributed by atoms with van der Waals surface area (Å²) in [7, 11) is 0. The lowest BCUT2D eigenvalue weighted by Crippen LogP contribution is -2.44. The molecule has 1 atom stereocenters. The molecule has 0 aliphatic carbocycles. The van der Waals surface area contributed by atoms with Gasteiger partial charge in [0.2, 0.25) is 0 Å². The smallest absolute Gasteiger partial charge is 0.257 e. The lowest BCUT2D eigenvalue weighted by atomic mass is 9.98. The molecule has 5 heteroatoms. The van der Waals surface area contributed by atoms with E-state index in [0.29, 0.717) is 12.5 Å². The first-order chi connectivity index (χ1) is 9.99. The summed E-state index contributed by atoms with van der Waals surface area (Å²) in [5.41, 5.74) is 0.0347. The summed E-state index contributed by atoms with van der Waals surface area (Å²) < 4.78 is 13.3. The summed E-state index contributed by atoms with van der Waals surface area (Å²) >= 11 is 0. The van der Waals surface area contributed by atoms with Crippen LogP contribution in [0.1, 0.15) is 37.0 Å². The monoisotopic (exact) mass is 294 g/mol. The third kappa shape index (κ3) is 3.94. The standard InChI is InChI=1S/C16H23FN2O2/c1-11(2)19(10-12-4-3-7-18-9-12)16(21)14-8-13(17)5-6-15(14)20/h5-6,8,11-12,18,20H,3-4,7,9-10H2,1-2H3. The van der Waals surface area contributed by atoms with Gasteiger partial charge in [-0.2, -0.15) is 0 Å². The predicted molar refractivity (Wildman–Crippen MR) is 79.8 cm³/mol. The maximum Gasteiger partial charge on any atom is 0.257 e. The number of carbonyl (C=O) groups excluding carboxylic acids is 1. The van der Waals surface area contributed by atoms with Gasteiger partial charge in [-0.15, -0.1) is 0 Å². The molecule has 0 saturated carbocycles. The molecule has 2 N–H and O–H groups in total. The average molecular weight is 294 g/mol. The van der Waals surface area contributed by atoms with Crippen molar-refractivity contribution in [2.75, 3.05) is 19.6 Å². The van der Waals surface area contributed by atoms with Crippen molar-refractivity contribution < 1.29 is 14.3 Å². The number of piperidine rings is 1. The summed E-state index contributed by atoms with van der Waals surface area (Å²) in [6.45, 7) is 6.41. The third-order valence-corrected chi connectivity index (χ3v) is 3.93. The minimum atomic E-state index is -0.515. The minimum Gasteiger partial charge on any atom is -0.507 e. The Morgan fingerprint density at radius 3 is 2.90 bits per heavy atom. The number of nitrogens with zero attached hydrogens (tertiary/aromatic N) is 1. The number of hydrogen-bond donors (Lipinski definition) is 2. The Kier molecular flexibility index (Phi) is 5.17. The van der Waals surface area contributed by atoms with Gasteiger partial charge < -0.3 is 15.3 Å². The van der Waals surface area contributed by atoms with Gasteiger partial charge in [0.05, 0.1) is 5.56 Å². The summed E-state index contributed by atoms with van der Waals surface area (Å²) in [6.07, 6.45) is 2.19. The van der Waals surface area contributed by atoms with Crippen LogP contribution in [0.25, 0.3) is 0 Å². The second kappa shape index (κ2) is 6.89. The van der Waals surface area contributed by atoms with E-state index in [1.165, 1.54) is 6.07 Å². The number of rotatable bonds is 4. The van der Waals surface area contributed by atoms with Crippen LogP contribution in [-0.2, 0) is 0 Å². The van der Waals surface area contributed by atoms with Crippen molar-refractivity contribution in [2.24, 2.45) is 5.92 Å². The summed E-state index contributed by atoms with van der Waals surface area (Å²) in [6, 6.07) is 3.48. The quantitative estimate of drug-likeness (QED) is 0.896. The normalized spacial score (nSPS) is 18.8. The fraction of sp³-hybridized carbons (Fsp3) is 0.562. The maximum absolute atomic E-state index is 13.3. The fourth-order valence-electron chi connectivity index (χ4n) is 2.72. The number of amides is 1. The van der Waals surface area contributed by atoms with Gasteiger partial charge in [0.1, 0.15) is 11.6 Å². The molecule has 1 heterocycles. The highest BCUT2D eigenvalue weighted by Crippen LogP contribution is 2.22. The van der Waals surface area contributed by atoms with E-state index in [4.69, 9.17) is 0 Å². The molecule has 0 spiro atoms. The zero-order valence-electron chi connectivity index (χ0n) is 12.6. The minimum absolute atomic E-state index is 0.00194. The van der Waals surface area contributed by atoms with Crippen molar-refractivity contribution in [2.45, 2.75) is 32.7 Å². The Labute approximate surface area is 125 Å². The van der Waals surface area contributed by atoms with E-state index in [1.54, 1.807) is 4.90 Å². The molecule has 1 aliphatic rings. The molecule has 1 amide bonds. The molecular weight excluding hydrogens is 271 g/mol. The average Bonchev–Trinajstić information content (AvgIpc) is 2.47. The topological polar surface area (TPSA) is 52.6 Å². The Bertz CT molecular complexity index is 499. The van der Waals surface area contributed by atoms with Crippen molar-refractivity contribution >= 4 is 5.91 Å². The van der Waals surface area contributed by atoms with E-state index in [1.807, 2.05) is 13.8 Å². The van der Waals surface area contributed by atoms with Crippen LogP contribution in [0.4, 0.5) is 4.39 Å². The number of benzene rings is 1. The number of phenols is 1. The van der Waals surface area contributed by atoms with Gasteiger partial charge in [0, 0.05) is 12.6 Å². The van der Waals surface area contributed by atoms with Gasteiger partial charge in [-0.25, -0.2) is 4.39 Å². The van der Waals surface area contributed by atoms with Gasteiger partial charge in [0.15, 0.2) is 0 Å². The summed E-state index contributed by atoms with van der Waals surface area (Å²) in [5.74, 6) is -0.596. The molecule has 1 aliphatic heterocycles. The van der Waals surface area contributed by atoms with Crippen molar-refractivity contribution in [3.05, 3.63) is 29.6 Å². The summed E-state index contributed by atoms with van der Waals surface area (Å²) in [4.78, 5) is 14.3. The molecule has 1 fully saturated rings. The van der Waals surface area contributed by atoms with E-state index >= 15 is 0 Å². The van der Waals surface area contributed by atoms with Crippen LogP contribution in [0.5, 0.6) is 5.75 Å². The molecule has 0 radical (unpaired) electrons. The molecule has 4 nitrogen and oxygen atoms in total. The zero-order valence-corrected chi connectivity index (χ0v) is 12.6. The maximum atomic E-state index is 13.3. The predicted octanol–water partition coefficient (Wildman–Crippen LogP) is 2.38. The molecule has 116 valence electrons. The van der Waals surface area contributed by atoms with Crippen LogP contribution in [0, 0.1) is 11.7 Å². The first-order valence-corrected chi connectivity index (χ1v) is 7.49. The second-order valence-electron chi connectivity index (χ2n) is 5.93. The fourth-order valence-corrected chi connectivity index (χ4v) is 2.72. The van der Waals surface area contributed by atoms with Gasteiger partial charge in [-0.1, -0.05) is 0 Å². The lowest BCUT2D eigenvalue weighted by Gasteiger charge is -2.33. The third-order valence-electron chi connectivity index (χ3n) is 3.93. The van der Waals surface area contributed by atoms with E-state index in [9.17, 15) is 14.3 Å². The highest BCUT2D eigenvalue weighted by molar-refractivity contribution is 5.97. The molecule has 1 unspecified atom stereocenters. The number of hydrogen-bond acceptors (Lipinski definition) is 3. The Morgan fingerprint density at radius 1 is 1.52 bits per heavy atom. The molecule has 1 aromatic rings. The molecule has 0 aromatic heterocycles. The Hall–Kier alpha value is -1.62. The van der Waals surface area contributed by atoms with Crippen molar-refractivity contribution in [1.29, 1.82) is 0 Å². The summed E-state index contributed by atoms with van der Waals surface area (Å²) in [5, 5.41) is 13.1. The SMILES string of the molecule is CC(C)N(CC1CCCNC1)C(=O)c1cc(F)ccc1O. The van der Waals surface area contributed by atoms with Gasteiger partial charge in [0.25, 0.3) is 5.91 Å². The second-order valence-corrected chi connectivity index (χ2v) is 5.93. The Balaban J connectivity index is 2.16. The molecule has 2 rings (SSSR count). The zero-order chi connectivity index (χ0) is 15.4. The van der Waals surface area contributed by atoms with Gasteiger partial charge in [-0.05, 0) is 63.9 Å². The van der Waals surface area contributed by atoms with Crippen molar-refractivity contribution in [1.82, 2.24) is 10.2 Å². The van der Waals surface area contributed by atoms with E-state index < -0.39 is 5.82 Å². The largest absolute Gasteiger partial charge is 0.507 e. The first-order valence-electron chi connectivity index (χ1n) is 7.49. The molecular formula is C16H23FN2O2. The van der Waals surface area contributed by atoms with Gasteiger partial charge >= 0.3 is 0 Å². The van der Waals surface area contributed by atoms with Crippen LogP contribution in [-0.4, -0.2) is 41.6 Å². The number of nitrogens with one attached hydrogen (secondary N) is 1. The van der Waals surface area contributed by atoms with Crippen LogP contribution in [0.15, 0.2) is 18.2 Å². The molecule has 0 bridgehead atoms. The van der Waals surface area contributed by atoms with E-state index in [0.717, 1.165) is 38.1 Å². The van der Waals surface area contributed by atoms with Crippen LogP contribution in [0.2, 0.25) is 0 Å². The van der Waals surface area contributed by atoms with Crippen molar-refractivity contribution in [3.8, 4) is 5.75 Å². The molecule has 1 saturated heterocycles. The highest BCUT2D eigenvalue weighted by atomic mass is 19.1. The van der Waals surface area contributed by atoms with E-state index in [2.05, 4.69) is 5.32 Å². The number of carbonyl (C=O) groups is 1. The lowest BCUT2D eigenvalue weighted by molar-refractivity contribution is 0.0657. The molecule has 21 heavy (non-hydrogen) atoms. The van der Waals surface area contributed by atoms with Crippen LogP contribution < -0.4 is 5.32 Å². The first kappa shape index (κ1) is 15.8. The number of halogens is 1.